The van der Waals surface area contributed by atoms with Crippen LogP contribution in [0.25, 0.3) is 10.2 Å². The van der Waals surface area contributed by atoms with Crippen LogP contribution in [0, 0.1) is 5.82 Å². The predicted octanol–water partition coefficient (Wildman–Crippen LogP) is 2.40. The lowest BCUT2D eigenvalue weighted by atomic mass is 10.3. The molecule has 3 aromatic rings. The van der Waals surface area contributed by atoms with Crippen molar-refractivity contribution in [1.82, 2.24) is 19.7 Å². The number of anilines is 1. The van der Waals surface area contributed by atoms with Gasteiger partial charge in [0.2, 0.25) is 5.91 Å². The quantitative estimate of drug-likeness (QED) is 0.646. The Balaban J connectivity index is 1.58. The van der Waals surface area contributed by atoms with Crippen LogP contribution in [0.3, 0.4) is 0 Å². The number of amides is 1. The van der Waals surface area contributed by atoms with Gasteiger partial charge in [-0.1, -0.05) is 23.1 Å². The number of thioether (sulfide) groups is 1. The SMILES string of the molecule is COCCn1cnnc1SCC(=O)Nc1nc2ccc(F)cc2s1. The number of aromatic nitrogens is 4. The van der Waals surface area contributed by atoms with E-state index in [0.717, 1.165) is 0 Å². The third-order valence-corrected chi connectivity index (χ3v) is 4.96. The van der Waals surface area contributed by atoms with Crippen molar-refractivity contribution in [2.45, 2.75) is 11.7 Å². The summed E-state index contributed by atoms with van der Waals surface area (Å²) in [6.45, 7) is 1.16. The maximum Gasteiger partial charge on any atom is 0.236 e. The van der Waals surface area contributed by atoms with Crippen LogP contribution in [0.1, 0.15) is 0 Å². The van der Waals surface area contributed by atoms with Crippen molar-refractivity contribution >= 4 is 44.4 Å². The number of hydrogen-bond acceptors (Lipinski definition) is 7. The fraction of sp³-hybridized carbons (Fsp3) is 0.286. The molecule has 24 heavy (non-hydrogen) atoms. The van der Waals surface area contributed by atoms with Gasteiger partial charge >= 0.3 is 0 Å². The standard InChI is InChI=1S/C14H14FN5O2S2/c1-22-5-4-20-8-16-19-14(20)23-7-12(21)18-13-17-10-3-2-9(15)6-11(10)24-13/h2-3,6,8H,4-5,7H2,1H3,(H,17,18,21). The Bertz CT molecular complexity index is 851. The number of thiazole rings is 1. The van der Waals surface area contributed by atoms with Gasteiger partial charge in [-0.05, 0) is 18.2 Å². The Morgan fingerprint density at radius 2 is 2.38 bits per heavy atom. The number of nitrogens with one attached hydrogen (secondary N) is 1. The molecule has 0 atom stereocenters. The van der Waals surface area contributed by atoms with Gasteiger partial charge in [0.05, 0.1) is 22.6 Å². The summed E-state index contributed by atoms with van der Waals surface area (Å²) in [5.41, 5.74) is 0.656. The number of halogens is 1. The summed E-state index contributed by atoms with van der Waals surface area (Å²) in [6.07, 6.45) is 1.60. The lowest BCUT2D eigenvalue weighted by molar-refractivity contribution is -0.113. The van der Waals surface area contributed by atoms with Crippen LogP contribution in [0.2, 0.25) is 0 Å². The molecule has 0 saturated heterocycles. The van der Waals surface area contributed by atoms with Gasteiger partial charge in [0, 0.05) is 13.7 Å². The Hall–Kier alpha value is -2.04. The number of rotatable bonds is 7. The van der Waals surface area contributed by atoms with Gasteiger partial charge in [0.1, 0.15) is 12.1 Å². The van der Waals surface area contributed by atoms with Crippen LogP contribution in [0.4, 0.5) is 9.52 Å². The predicted molar refractivity (Wildman–Crippen MR) is 90.8 cm³/mol. The summed E-state index contributed by atoms with van der Waals surface area (Å²) in [6, 6.07) is 4.33. The zero-order valence-electron chi connectivity index (χ0n) is 12.7. The molecule has 126 valence electrons. The molecule has 1 aromatic carbocycles. The number of ether oxygens (including phenoxy) is 1. The van der Waals surface area contributed by atoms with Crippen molar-refractivity contribution in [3.63, 3.8) is 0 Å². The van der Waals surface area contributed by atoms with Crippen molar-refractivity contribution in [3.8, 4) is 0 Å². The molecule has 0 spiro atoms. The van der Waals surface area contributed by atoms with Gasteiger partial charge in [-0.15, -0.1) is 10.2 Å². The smallest absolute Gasteiger partial charge is 0.236 e. The number of carbonyl (C=O) groups is 1. The van der Waals surface area contributed by atoms with Crippen molar-refractivity contribution in [1.29, 1.82) is 0 Å². The van der Waals surface area contributed by atoms with Crippen molar-refractivity contribution in [2.24, 2.45) is 0 Å². The molecule has 0 bridgehead atoms. The summed E-state index contributed by atoms with van der Waals surface area (Å²) in [5, 5.41) is 11.6. The van der Waals surface area contributed by atoms with Crippen LogP contribution >= 0.6 is 23.1 Å². The third-order valence-electron chi connectivity index (χ3n) is 3.05. The Labute approximate surface area is 145 Å². The molecular weight excluding hydrogens is 353 g/mol. The second-order valence-corrected chi connectivity index (χ2v) is 6.74. The summed E-state index contributed by atoms with van der Waals surface area (Å²) in [5.74, 6) is -0.355. The van der Waals surface area contributed by atoms with E-state index in [9.17, 15) is 9.18 Å². The summed E-state index contributed by atoms with van der Waals surface area (Å²) in [7, 11) is 1.62. The number of fused-ring (bicyclic) bond motifs is 1. The van der Waals surface area contributed by atoms with Crippen LogP contribution in [-0.4, -0.2) is 45.1 Å². The first-order chi connectivity index (χ1) is 11.7. The summed E-state index contributed by atoms with van der Waals surface area (Å²) < 4.78 is 20.7. The highest BCUT2D eigenvalue weighted by Gasteiger charge is 2.11. The molecule has 0 aliphatic rings. The van der Waals surface area contributed by atoms with E-state index in [1.54, 1.807) is 19.5 Å². The second-order valence-electron chi connectivity index (χ2n) is 4.77. The van der Waals surface area contributed by atoms with E-state index >= 15 is 0 Å². The molecule has 2 heterocycles. The number of hydrogen-bond donors (Lipinski definition) is 1. The summed E-state index contributed by atoms with van der Waals surface area (Å²) >= 11 is 2.51. The lowest BCUT2D eigenvalue weighted by Crippen LogP contribution is -2.14. The summed E-state index contributed by atoms with van der Waals surface area (Å²) in [4.78, 5) is 16.3. The highest BCUT2D eigenvalue weighted by Crippen LogP contribution is 2.26. The van der Waals surface area contributed by atoms with Crippen molar-refractivity contribution in [2.75, 3.05) is 24.8 Å². The van der Waals surface area contributed by atoms with Crippen LogP contribution in [0.5, 0.6) is 0 Å². The van der Waals surface area contributed by atoms with Gasteiger partial charge in [-0.25, -0.2) is 9.37 Å². The van der Waals surface area contributed by atoms with E-state index in [1.807, 2.05) is 4.57 Å². The minimum atomic E-state index is -0.324. The molecule has 2 aromatic heterocycles. The maximum absolute atomic E-state index is 13.2. The Morgan fingerprint density at radius 1 is 1.50 bits per heavy atom. The zero-order chi connectivity index (χ0) is 16.9. The van der Waals surface area contributed by atoms with Gasteiger partial charge < -0.3 is 14.6 Å². The first-order valence-corrected chi connectivity index (χ1v) is 8.81. The van der Waals surface area contributed by atoms with E-state index in [2.05, 4.69) is 20.5 Å². The lowest BCUT2D eigenvalue weighted by Gasteiger charge is -2.05. The Kier molecular flexibility index (Phi) is 5.38. The normalized spacial score (nSPS) is 11.1. The average molecular weight is 367 g/mol. The highest BCUT2D eigenvalue weighted by molar-refractivity contribution is 7.99. The molecule has 0 unspecified atom stereocenters. The molecule has 3 rings (SSSR count). The van der Waals surface area contributed by atoms with Crippen molar-refractivity contribution in [3.05, 3.63) is 30.3 Å². The van der Waals surface area contributed by atoms with E-state index in [1.165, 1.54) is 35.2 Å². The minimum absolute atomic E-state index is 0.177. The van der Waals surface area contributed by atoms with Gasteiger partial charge in [-0.2, -0.15) is 0 Å². The molecule has 7 nitrogen and oxygen atoms in total. The van der Waals surface area contributed by atoms with Crippen LogP contribution in [-0.2, 0) is 16.1 Å². The largest absolute Gasteiger partial charge is 0.383 e. The average Bonchev–Trinajstić information content (AvgIpc) is 3.16. The first-order valence-electron chi connectivity index (χ1n) is 7.01. The number of benzene rings is 1. The van der Waals surface area contributed by atoms with Gasteiger partial charge in [-0.3, -0.25) is 4.79 Å². The number of nitrogens with zero attached hydrogens (tertiary/aromatic N) is 4. The monoisotopic (exact) mass is 367 g/mol. The van der Waals surface area contributed by atoms with E-state index < -0.39 is 0 Å². The molecule has 0 aliphatic heterocycles. The zero-order valence-corrected chi connectivity index (χ0v) is 14.4. The fourth-order valence-corrected chi connectivity index (χ4v) is 3.58. The fourth-order valence-electron chi connectivity index (χ4n) is 1.94. The molecular formula is C14H14FN5O2S2. The van der Waals surface area contributed by atoms with Crippen molar-refractivity contribution < 1.29 is 13.9 Å². The van der Waals surface area contributed by atoms with Gasteiger partial charge in [0.15, 0.2) is 10.3 Å². The molecule has 0 saturated carbocycles. The number of methoxy groups -OCH3 is 1. The maximum atomic E-state index is 13.2. The third kappa shape index (κ3) is 4.08. The topological polar surface area (TPSA) is 81.9 Å². The van der Waals surface area contributed by atoms with E-state index in [4.69, 9.17) is 4.74 Å². The van der Waals surface area contributed by atoms with Crippen LogP contribution < -0.4 is 5.32 Å². The Morgan fingerprint density at radius 3 is 3.21 bits per heavy atom. The second kappa shape index (κ2) is 7.69. The van der Waals surface area contributed by atoms with Crippen LogP contribution in [0.15, 0.2) is 29.7 Å². The first kappa shape index (κ1) is 16.8. The number of carbonyl (C=O) groups excluding carboxylic acids is 1. The van der Waals surface area contributed by atoms with E-state index in [-0.39, 0.29) is 17.5 Å². The molecule has 0 radical (unpaired) electrons. The van der Waals surface area contributed by atoms with E-state index in [0.29, 0.717) is 33.7 Å². The van der Waals surface area contributed by atoms with Gasteiger partial charge in [0.25, 0.3) is 0 Å². The molecule has 10 heteroatoms. The molecule has 1 amide bonds. The molecule has 1 N–H and O–H groups in total. The highest BCUT2D eigenvalue weighted by atomic mass is 32.2. The molecule has 0 fully saturated rings. The minimum Gasteiger partial charge on any atom is -0.383 e. The molecule has 0 aliphatic carbocycles.